The SMILES string of the molecule is Cc1cc(C(=O)NC(c2ccc(Cl)cc2)C2CC2)c(C)o1. The summed E-state index contributed by atoms with van der Waals surface area (Å²) in [5.74, 6) is 1.86. The molecule has 110 valence electrons. The first-order valence-corrected chi connectivity index (χ1v) is 7.56. The number of amides is 1. The average molecular weight is 304 g/mol. The second-order valence-electron chi connectivity index (χ2n) is 5.67. The summed E-state index contributed by atoms with van der Waals surface area (Å²) in [6.45, 7) is 3.66. The maximum Gasteiger partial charge on any atom is 0.255 e. The van der Waals surface area contributed by atoms with E-state index in [1.54, 1.807) is 6.07 Å². The molecule has 1 aromatic heterocycles. The van der Waals surface area contributed by atoms with E-state index in [4.69, 9.17) is 16.0 Å². The lowest BCUT2D eigenvalue weighted by molar-refractivity contribution is 0.0930. The van der Waals surface area contributed by atoms with Crippen LogP contribution in [0.15, 0.2) is 34.7 Å². The molecule has 0 radical (unpaired) electrons. The Kier molecular flexibility index (Phi) is 3.77. The molecule has 1 atom stereocenters. The molecule has 1 unspecified atom stereocenters. The average Bonchev–Trinajstić information content (AvgIpc) is 3.22. The van der Waals surface area contributed by atoms with Gasteiger partial charge >= 0.3 is 0 Å². The van der Waals surface area contributed by atoms with E-state index in [2.05, 4.69) is 5.32 Å². The maximum atomic E-state index is 12.5. The minimum atomic E-state index is -0.0730. The largest absolute Gasteiger partial charge is 0.466 e. The van der Waals surface area contributed by atoms with Gasteiger partial charge in [-0.25, -0.2) is 0 Å². The highest BCUT2D eigenvalue weighted by molar-refractivity contribution is 6.30. The monoisotopic (exact) mass is 303 g/mol. The van der Waals surface area contributed by atoms with Crippen molar-refractivity contribution in [2.45, 2.75) is 32.7 Å². The number of carbonyl (C=O) groups is 1. The highest BCUT2D eigenvalue weighted by Gasteiger charge is 2.34. The Hall–Kier alpha value is -1.74. The molecule has 1 saturated carbocycles. The predicted octanol–water partition coefficient (Wildman–Crippen LogP) is 4.43. The first kappa shape index (κ1) is 14.2. The van der Waals surface area contributed by atoms with Gasteiger partial charge in [-0.15, -0.1) is 0 Å². The molecule has 3 rings (SSSR count). The molecule has 1 aliphatic carbocycles. The van der Waals surface area contributed by atoms with Gasteiger partial charge in [0, 0.05) is 5.02 Å². The number of hydrogen-bond acceptors (Lipinski definition) is 2. The first-order chi connectivity index (χ1) is 10.0. The third-order valence-electron chi connectivity index (χ3n) is 3.89. The highest BCUT2D eigenvalue weighted by atomic mass is 35.5. The zero-order chi connectivity index (χ0) is 15.0. The molecular formula is C17H18ClNO2. The zero-order valence-corrected chi connectivity index (χ0v) is 12.9. The summed E-state index contributed by atoms with van der Waals surface area (Å²) in [4.78, 5) is 12.5. The van der Waals surface area contributed by atoms with Crippen molar-refractivity contribution >= 4 is 17.5 Å². The van der Waals surface area contributed by atoms with E-state index < -0.39 is 0 Å². The van der Waals surface area contributed by atoms with Crippen LogP contribution in [0.4, 0.5) is 0 Å². The van der Waals surface area contributed by atoms with Crippen LogP contribution in [0, 0.1) is 19.8 Å². The van der Waals surface area contributed by atoms with E-state index in [0.717, 1.165) is 24.2 Å². The Balaban J connectivity index is 1.81. The molecule has 1 N–H and O–H groups in total. The van der Waals surface area contributed by atoms with E-state index in [1.807, 2.05) is 38.1 Å². The molecule has 1 aliphatic rings. The lowest BCUT2D eigenvalue weighted by atomic mass is 10.0. The lowest BCUT2D eigenvalue weighted by Crippen LogP contribution is -2.30. The molecule has 1 amide bonds. The maximum absolute atomic E-state index is 12.5. The van der Waals surface area contributed by atoms with Gasteiger partial charge in [-0.2, -0.15) is 0 Å². The van der Waals surface area contributed by atoms with Gasteiger partial charge in [-0.3, -0.25) is 4.79 Å². The molecule has 0 saturated heterocycles. The number of rotatable bonds is 4. The minimum Gasteiger partial charge on any atom is -0.466 e. The summed E-state index contributed by atoms with van der Waals surface area (Å²) in [6, 6.07) is 9.54. The van der Waals surface area contributed by atoms with Gasteiger partial charge in [-0.05, 0) is 56.4 Å². The highest BCUT2D eigenvalue weighted by Crippen LogP contribution is 2.41. The predicted molar refractivity (Wildman–Crippen MR) is 82.6 cm³/mol. The molecule has 0 aliphatic heterocycles. The van der Waals surface area contributed by atoms with E-state index in [0.29, 0.717) is 22.3 Å². The van der Waals surface area contributed by atoms with Crippen molar-refractivity contribution in [3.63, 3.8) is 0 Å². The van der Waals surface area contributed by atoms with Crippen LogP contribution in [0.5, 0.6) is 0 Å². The van der Waals surface area contributed by atoms with Gasteiger partial charge in [0.1, 0.15) is 11.5 Å². The standard InChI is InChI=1S/C17H18ClNO2/c1-10-9-15(11(2)21-10)17(20)19-16(12-3-4-12)13-5-7-14(18)8-6-13/h5-9,12,16H,3-4H2,1-2H3,(H,19,20). The van der Waals surface area contributed by atoms with Crippen LogP contribution in [0.2, 0.25) is 5.02 Å². The van der Waals surface area contributed by atoms with Gasteiger partial charge in [-0.1, -0.05) is 23.7 Å². The van der Waals surface area contributed by atoms with E-state index >= 15 is 0 Å². The summed E-state index contributed by atoms with van der Waals surface area (Å²) in [5, 5.41) is 3.85. The molecule has 21 heavy (non-hydrogen) atoms. The van der Waals surface area contributed by atoms with Crippen molar-refractivity contribution in [2.24, 2.45) is 5.92 Å². The molecule has 0 bridgehead atoms. The molecule has 4 heteroatoms. The molecule has 3 nitrogen and oxygen atoms in total. The van der Waals surface area contributed by atoms with Crippen molar-refractivity contribution in [3.8, 4) is 0 Å². The van der Waals surface area contributed by atoms with Crippen molar-refractivity contribution in [1.29, 1.82) is 0 Å². The summed E-state index contributed by atoms with van der Waals surface area (Å²) < 4.78 is 5.44. The Labute approximate surface area is 129 Å². The molecule has 1 heterocycles. The smallest absolute Gasteiger partial charge is 0.255 e. The molecule has 2 aromatic rings. The quantitative estimate of drug-likeness (QED) is 0.908. The lowest BCUT2D eigenvalue weighted by Gasteiger charge is -2.18. The van der Waals surface area contributed by atoms with Crippen molar-refractivity contribution in [2.75, 3.05) is 0 Å². The molecule has 0 spiro atoms. The Morgan fingerprint density at radius 1 is 1.29 bits per heavy atom. The van der Waals surface area contributed by atoms with Crippen LogP contribution in [0.3, 0.4) is 0 Å². The van der Waals surface area contributed by atoms with E-state index in [1.165, 1.54) is 0 Å². The molecular weight excluding hydrogens is 286 g/mol. The minimum absolute atomic E-state index is 0.0457. The van der Waals surface area contributed by atoms with E-state index in [9.17, 15) is 4.79 Å². The third-order valence-corrected chi connectivity index (χ3v) is 4.15. The van der Waals surface area contributed by atoms with Crippen molar-refractivity contribution < 1.29 is 9.21 Å². The fourth-order valence-corrected chi connectivity index (χ4v) is 2.77. The number of aryl methyl sites for hydroxylation is 2. The summed E-state index contributed by atoms with van der Waals surface area (Å²) in [6.07, 6.45) is 2.30. The van der Waals surface area contributed by atoms with Crippen LogP contribution in [0.25, 0.3) is 0 Å². The van der Waals surface area contributed by atoms with Gasteiger partial charge in [0.15, 0.2) is 0 Å². The Morgan fingerprint density at radius 3 is 2.48 bits per heavy atom. The fourth-order valence-electron chi connectivity index (χ4n) is 2.65. The third kappa shape index (κ3) is 3.13. The normalized spacial score (nSPS) is 15.8. The Morgan fingerprint density at radius 2 is 1.95 bits per heavy atom. The summed E-state index contributed by atoms with van der Waals surface area (Å²) in [5.41, 5.74) is 1.72. The topological polar surface area (TPSA) is 42.2 Å². The van der Waals surface area contributed by atoms with Crippen LogP contribution in [0.1, 0.15) is 46.3 Å². The zero-order valence-electron chi connectivity index (χ0n) is 12.2. The summed E-state index contributed by atoms with van der Waals surface area (Å²) >= 11 is 5.94. The van der Waals surface area contributed by atoms with Crippen LogP contribution in [-0.4, -0.2) is 5.91 Å². The number of carbonyl (C=O) groups excluding carboxylic acids is 1. The second kappa shape index (κ2) is 5.57. The number of benzene rings is 1. The van der Waals surface area contributed by atoms with Crippen molar-refractivity contribution in [1.82, 2.24) is 5.32 Å². The fraction of sp³-hybridized carbons (Fsp3) is 0.353. The number of nitrogens with one attached hydrogen (secondary N) is 1. The second-order valence-corrected chi connectivity index (χ2v) is 6.10. The molecule has 1 aromatic carbocycles. The van der Waals surface area contributed by atoms with Crippen LogP contribution < -0.4 is 5.32 Å². The van der Waals surface area contributed by atoms with Gasteiger partial charge < -0.3 is 9.73 Å². The first-order valence-electron chi connectivity index (χ1n) is 7.18. The number of halogens is 1. The van der Waals surface area contributed by atoms with Crippen LogP contribution >= 0.6 is 11.6 Å². The number of furan rings is 1. The van der Waals surface area contributed by atoms with Gasteiger partial charge in [0.2, 0.25) is 0 Å². The van der Waals surface area contributed by atoms with Crippen molar-refractivity contribution in [3.05, 3.63) is 58.0 Å². The van der Waals surface area contributed by atoms with Gasteiger partial charge in [0.05, 0.1) is 11.6 Å². The number of hydrogen-bond donors (Lipinski definition) is 1. The summed E-state index contributed by atoms with van der Waals surface area (Å²) in [7, 11) is 0. The van der Waals surface area contributed by atoms with E-state index in [-0.39, 0.29) is 11.9 Å². The molecule has 1 fully saturated rings. The van der Waals surface area contributed by atoms with Gasteiger partial charge in [0.25, 0.3) is 5.91 Å². The van der Waals surface area contributed by atoms with Crippen LogP contribution in [-0.2, 0) is 0 Å². The Bertz CT molecular complexity index is 656.